The largest absolute Gasteiger partial charge is 0.396 e. The van der Waals surface area contributed by atoms with Crippen LogP contribution < -0.4 is 5.73 Å². The van der Waals surface area contributed by atoms with Gasteiger partial charge in [-0.1, -0.05) is 5.16 Å². The third-order valence-corrected chi connectivity index (χ3v) is 2.16. The number of aliphatic hydroxyl groups is 1. The Bertz CT molecular complexity index is 464. The predicted molar refractivity (Wildman–Crippen MR) is 55.1 cm³/mol. The quantitative estimate of drug-likeness (QED) is 0.747. The zero-order chi connectivity index (χ0) is 11.5. The molecule has 2 aromatic rings. The Kier molecular flexibility index (Phi) is 2.97. The van der Waals surface area contributed by atoms with Gasteiger partial charge in [0.1, 0.15) is 0 Å². The van der Waals surface area contributed by atoms with E-state index < -0.39 is 6.04 Å². The number of aliphatic hydroxyl groups excluding tert-OH is 1. The van der Waals surface area contributed by atoms with Crippen molar-refractivity contribution in [2.24, 2.45) is 12.8 Å². The van der Waals surface area contributed by atoms with Gasteiger partial charge in [-0.25, -0.2) is 0 Å². The first-order valence-corrected chi connectivity index (χ1v) is 4.89. The highest BCUT2D eigenvalue weighted by Gasteiger charge is 2.15. The lowest BCUT2D eigenvalue weighted by Crippen LogP contribution is -2.12. The zero-order valence-electron chi connectivity index (χ0n) is 8.87. The highest BCUT2D eigenvalue weighted by Crippen LogP contribution is 2.17. The van der Waals surface area contributed by atoms with Crippen LogP contribution in [0.4, 0.5) is 0 Å². The van der Waals surface area contributed by atoms with Crippen LogP contribution in [-0.4, -0.2) is 31.6 Å². The van der Waals surface area contributed by atoms with Crippen molar-refractivity contribution in [3.8, 4) is 11.4 Å². The van der Waals surface area contributed by atoms with Gasteiger partial charge in [-0.2, -0.15) is 10.1 Å². The Labute approximate surface area is 91.9 Å². The Balaban J connectivity index is 2.19. The van der Waals surface area contributed by atoms with E-state index in [4.69, 9.17) is 15.4 Å². The molecule has 2 heterocycles. The maximum absolute atomic E-state index is 8.74. The molecule has 0 saturated heterocycles. The van der Waals surface area contributed by atoms with Gasteiger partial charge < -0.3 is 15.4 Å². The van der Waals surface area contributed by atoms with Gasteiger partial charge in [0.25, 0.3) is 0 Å². The minimum atomic E-state index is -0.428. The molecule has 7 heteroatoms. The molecule has 0 radical (unpaired) electrons. The molecular weight excluding hydrogens is 210 g/mol. The first kappa shape index (κ1) is 10.8. The maximum atomic E-state index is 8.74. The predicted octanol–water partition coefficient (Wildman–Crippen LogP) is -0.148. The van der Waals surface area contributed by atoms with Crippen LogP contribution in [0.2, 0.25) is 0 Å². The summed E-state index contributed by atoms with van der Waals surface area (Å²) in [5, 5.41) is 16.6. The van der Waals surface area contributed by atoms with Crippen molar-refractivity contribution in [2.45, 2.75) is 12.5 Å². The first-order valence-electron chi connectivity index (χ1n) is 4.89. The van der Waals surface area contributed by atoms with Crippen molar-refractivity contribution in [2.75, 3.05) is 6.61 Å². The monoisotopic (exact) mass is 223 g/mol. The van der Waals surface area contributed by atoms with E-state index in [9.17, 15) is 0 Å². The van der Waals surface area contributed by atoms with E-state index in [0.29, 0.717) is 18.1 Å². The van der Waals surface area contributed by atoms with E-state index >= 15 is 0 Å². The normalized spacial score (nSPS) is 12.9. The minimum Gasteiger partial charge on any atom is -0.396 e. The van der Waals surface area contributed by atoms with Crippen molar-refractivity contribution in [3.05, 3.63) is 18.3 Å². The number of rotatable bonds is 4. The van der Waals surface area contributed by atoms with Crippen LogP contribution in [0.25, 0.3) is 11.4 Å². The van der Waals surface area contributed by atoms with Gasteiger partial charge in [0.05, 0.1) is 17.8 Å². The summed E-state index contributed by atoms with van der Waals surface area (Å²) in [5.74, 6) is 0.782. The summed E-state index contributed by atoms with van der Waals surface area (Å²) in [5.41, 5.74) is 6.50. The molecule has 16 heavy (non-hydrogen) atoms. The van der Waals surface area contributed by atoms with Gasteiger partial charge >= 0.3 is 0 Å². The molecule has 0 aliphatic rings. The minimum absolute atomic E-state index is 0.00816. The van der Waals surface area contributed by atoms with E-state index in [2.05, 4.69) is 15.2 Å². The summed E-state index contributed by atoms with van der Waals surface area (Å²) in [7, 11) is 1.81. The van der Waals surface area contributed by atoms with Crippen LogP contribution in [0.5, 0.6) is 0 Å². The molecule has 7 nitrogen and oxygen atoms in total. The van der Waals surface area contributed by atoms with Crippen LogP contribution in [-0.2, 0) is 7.05 Å². The van der Waals surface area contributed by atoms with Gasteiger partial charge in [-0.05, 0) is 6.42 Å². The van der Waals surface area contributed by atoms with E-state index in [-0.39, 0.29) is 6.61 Å². The number of hydrogen-bond acceptors (Lipinski definition) is 6. The van der Waals surface area contributed by atoms with E-state index in [1.54, 1.807) is 17.1 Å². The fourth-order valence-electron chi connectivity index (χ4n) is 1.30. The van der Waals surface area contributed by atoms with Crippen molar-refractivity contribution in [3.63, 3.8) is 0 Å². The molecule has 2 aromatic heterocycles. The number of nitrogens with zero attached hydrogens (tertiary/aromatic N) is 4. The number of aromatic nitrogens is 4. The van der Waals surface area contributed by atoms with E-state index in [0.717, 1.165) is 5.56 Å². The van der Waals surface area contributed by atoms with E-state index in [1.807, 2.05) is 7.05 Å². The van der Waals surface area contributed by atoms with Crippen LogP contribution in [0.1, 0.15) is 18.4 Å². The van der Waals surface area contributed by atoms with Crippen LogP contribution in [0.15, 0.2) is 16.9 Å². The number of aryl methyl sites for hydroxylation is 1. The molecule has 0 amide bonds. The lowest BCUT2D eigenvalue weighted by Gasteiger charge is -2.01. The highest BCUT2D eigenvalue weighted by atomic mass is 16.5. The van der Waals surface area contributed by atoms with Gasteiger partial charge in [-0.15, -0.1) is 0 Å². The van der Waals surface area contributed by atoms with Gasteiger partial charge in [0.2, 0.25) is 11.7 Å². The van der Waals surface area contributed by atoms with Crippen LogP contribution >= 0.6 is 0 Å². The molecule has 1 atom stereocenters. The van der Waals surface area contributed by atoms with Crippen molar-refractivity contribution in [1.29, 1.82) is 0 Å². The number of nitrogens with two attached hydrogens (primary N) is 1. The standard InChI is InChI=1S/C9H13N5O2/c1-14-5-6(4-11-14)8-12-9(16-13-8)7(10)2-3-15/h4-5,7,15H,2-3,10H2,1H3. The third-order valence-electron chi connectivity index (χ3n) is 2.16. The van der Waals surface area contributed by atoms with Crippen LogP contribution in [0, 0.1) is 0 Å². The Morgan fingerprint density at radius 3 is 3.06 bits per heavy atom. The summed E-state index contributed by atoms with van der Waals surface area (Å²) >= 11 is 0. The molecule has 0 spiro atoms. The Hall–Kier alpha value is -1.73. The second kappa shape index (κ2) is 4.42. The topological polar surface area (TPSA) is 103 Å². The van der Waals surface area contributed by atoms with Crippen molar-refractivity contribution >= 4 is 0 Å². The second-order valence-electron chi connectivity index (χ2n) is 3.48. The lowest BCUT2D eigenvalue weighted by molar-refractivity contribution is 0.259. The van der Waals surface area contributed by atoms with Gasteiger partial charge in [-0.3, -0.25) is 4.68 Å². The summed E-state index contributed by atoms with van der Waals surface area (Å²) in [6.45, 7) is -0.00816. The maximum Gasteiger partial charge on any atom is 0.243 e. The fraction of sp³-hybridized carbons (Fsp3) is 0.444. The lowest BCUT2D eigenvalue weighted by atomic mass is 10.2. The molecule has 2 rings (SSSR count). The SMILES string of the molecule is Cn1cc(-c2noc(C(N)CCO)n2)cn1. The van der Waals surface area contributed by atoms with E-state index in [1.165, 1.54) is 0 Å². The Morgan fingerprint density at radius 2 is 2.44 bits per heavy atom. The zero-order valence-corrected chi connectivity index (χ0v) is 8.87. The molecule has 86 valence electrons. The number of hydrogen-bond donors (Lipinski definition) is 2. The molecular formula is C9H13N5O2. The van der Waals surface area contributed by atoms with Crippen LogP contribution in [0.3, 0.4) is 0 Å². The summed E-state index contributed by atoms with van der Waals surface area (Å²) in [4.78, 5) is 4.15. The fourth-order valence-corrected chi connectivity index (χ4v) is 1.30. The Morgan fingerprint density at radius 1 is 1.62 bits per heavy atom. The second-order valence-corrected chi connectivity index (χ2v) is 3.48. The first-order chi connectivity index (χ1) is 7.70. The summed E-state index contributed by atoms with van der Waals surface area (Å²) < 4.78 is 6.66. The molecule has 0 bridgehead atoms. The molecule has 0 aromatic carbocycles. The van der Waals surface area contributed by atoms with Gasteiger partial charge in [0, 0.05) is 19.9 Å². The molecule has 3 N–H and O–H groups in total. The molecule has 1 unspecified atom stereocenters. The molecule has 0 aliphatic carbocycles. The molecule has 0 saturated carbocycles. The summed E-state index contributed by atoms with van der Waals surface area (Å²) in [6.07, 6.45) is 3.83. The molecule has 0 fully saturated rings. The third kappa shape index (κ3) is 2.10. The highest BCUT2D eigenvalue weighted by molar-refractivity contribution is 5.51. The van der Waals surface area contributed by atoms with Crippen molar-refractivity contribution < 1.29 is 9.63 Å². The van der Waals surface area contributed by atoms with Gasteiger partial charge in [0.15, 0.2) is 0 Å². The average molecular weight is 223 g/mol. The average Bonchev–Trinajstić information content (AvgIpc) is 2.85. The smallest absolute Gasteiger partial charge is 0.243 e. The van der Waals surface area contributed by atoms with Crippen molar-refractivity contribution in [1.82, 2.24) is 19.9 Å². The summed E-state index contributed by atoms with van der Waals surface area (Å²) in [6, 6.07) is -0.428. The molecule has 0 aliphatic heterocycles.